The van der Waals surface area contributed by atoms with Gasteiger partial charge in [0, 0.05) is 24.2 Å². The second-order valence-corrected chi connectivity index (χ2v) is 9.17. The molecule has 2 bridgehead atoms. The standard InChI is InChI=1S/C25H28N4O/c1-16-11-20(24-21-7-9-29(2)25(21)28-23(15-26)27-24)5-6-22(16)30-10-8-19-13-17-3-4-18(12-17)14-19/h5-7,9,11,17-19H,3-4,8,10,12-14H2,1-2H3. The lowest BCUT2D eigenvalue weighted by atomic mass is 9.80. The van der Waals surface area contributed by atoms with Crippen LogP contribution in [0.4, 0.5) is 0 Å². The summed E-state index contributed by atoms with van der Waals surface area (Å²) in [4.78, 5) is 8.84. The first-order valence-corrected chi connectivity index (χ1v) is 11.1. The molecule has 2 aromatic heterocycles. The van der Waals surface area contributed by atoms with Crippen LogP contribution in [0.2, 0.25) is 0 Å². The van der Waals surface area contributed by atoms with Gasteiger partial charge in [-0.3, -0.25) is 0 Å². The Bertz CT molecular complexity index is 1110. The predicted octanol–water partition coefficient (Wildman–Crippen LogP) is 5.41. The third kappa shape index (κ3) is 3.56. The number of aryl methyl sites for hydroxylation is 2. The van der Waals surface area contributed by atoms with Crippen LogP contribution in [0.25, 0.3) is 22.3 Å². The average molecular weight is 401 g/mol. The summed E-state index contributed by atoms with van der Waals surface area (Å²) < 4.78 is 8.09. The summed E-state index contributed by atoms with van der Waals surface area (Å²) in [5.41, 5.74) is 3.65. The van der Waals surface area contributed by atoms with Crippen molar-refractivity contribution in [3.05, 3.63) is 41.9 Å². The average Bonchev–Trinajstić information content (AvgIpc) is 3.30. The van der Waals surface area contributed by atoms with Crippen LogP contribution in [-0.4, -0.2) is 21.1 Å². The van der Waals surface area contributed by atoms with E-state index in [1.807, 2.05) is 36.0 Å². The Morgan fingerprint density at radius 2 is 1.93 bits per heavy atom. The van der Waals surface area contributed by atoms with Crippen molar-refractivity contribution in [1.29, 1.82) is 5.26 Å². The molecule has 30 heavy (non-hydrogen) atoms. The summed E-state index contributed by atoms with van der Waals surface area (Å²) in [6.45, 7) is 2.87. The Hall–Kier alpha value is -2.87. The maximum atomic E-state index is 9.33. The smallest absolute Gasteiger partial charge is 0.234 e. The van der Waals surface area contributed by atoms with Gasteiger partial charge in [-0.2, -0.15) is 5.26 Å². The molecule has 3 aromatic rings. The second kappa shape index (κ2) is 7.75. The van der Waals surface area contributed by atoms with Gasteiger partial charge < -0.3 is 9.30 Å². The van der Waals surface area contributed by atoms with Crippen molar-refractivity contribution in [3.63, 3.8) is 0 Å². The van der Waals surface area contributed by atoms with Crippen LogP contribution in [-0.2, 0) is 7.05 Å². The van der Waals surface area contributed by atoms with Gasteiger partial charge in [0.25, 0.3) is 0 Å². The molecule has 2 atom stereocenters. The number of fused-ring (bicyclic) bond motifs is 3. The summed E-state index contributed by atoms with van der Waals surface area (Å²) in [6, 6.07) is 10.3. The van der Waals surface area contributed by atoms with Crippen LogP contribution in [0.5, 0.6) is 5.75 Å². The van der Waals surface area contributed by atoms with E-state index in [-0.39, 0.29) is 5.82 Å². The van der Waals surface area contributed by atoms with Crippen LogP contribution in [0.3, 0.4) is 0 Å². The number of ether oxygens (including phenoxy) is 1. The van der Waals surface area contributed by atoms with Crippen molar-refractivity contribution >= 4 is 11.0 Å². The summed E-state index contributed by atoms with van der Waals surface area (Å²) >= 11 is 0. The van der Waals surface area contributed by atoms with Crippen molar-refractivity contribution < 1.29 is 4.74 Å². The molecule has 5 nitrogen and oxygen atoms in total. The van der Waals surface area contributed by atoms with Crippen LogP contribution in [0, 0.1) is 36.0 Å². The fourth-order valence-corrected chi connectivity index (χ4v) is 5.58. The van der Waals surface area contributed by atoms with Gasteiger partial charge in [0.2, 0.25) is 5.82 Å². The molecule has 0 saturated heterocycles. The summed E-state index contributed by atoms with van der Waals surface area (Å²) in [5, 5.41) is 10.3. The number of hydrogen-bond donors (Lipinski definition) is 0. The third-order valence-corrected chi connectivity index (χ3v) is 7.04. The van der Waals surface area contributed by atoms with Crippen LogP contribution < -0.4 is 4.74 Å². The number of benzene rings is 1. The van der Waals surface area contributed by atoms with Gasteiger partial charge in [0.15, 0.2) is 0 Å². The van der Waals surface area contributed by atoms with E-state index in [9.17, 15) is 5.26 Å². The van der Waals surface area contributed by atoms with Crippen LogP contribution in [0.1, 0.15) is 49.9 Å². The molecule has 2 fully saturated rings. The van der Waals surface area contributed by atoms with Crippen molar-refractivity contribution in [2.24, 2.45) is 24.8 Å². The molecule has 0 radical (unpaired) electrons. The number of aromatic nitrogens is 3. The van der Waals surface area contributed by atoms with E-state index < -0.39 is 0 Å². The Kier molecular flexibility index (Phi) is 4.94. The topological polar surface area (TPSA) is 63.7 Å². The lowest BCUT2D eigenvalue weighted by molar-refractivity contribution is 0.205. The van der Waals surface area contributed by atoms with Gasteiger partial charge in [-0.15, -0.1) is 0 Å². The molecular formula is C25H28N4O. The first-order valence-electron chi connectivity index (χ1n) is 11.1. The molecule has 1 aromatic carbocycles. The molecule has 0 N–H and O–H groups in total. The van der Waals surface area contributed by atoms with Gasteiger partial charge in [-0.25, -0.2) is 9.97 Å². The number of hydrogen-bond acceptors (Lipinski definition) is 4. The quantitative estimate of drug-likeness (QED) is 0.574. The molecule has 0 aliphatic heterocycles. The molecule has 5 rings (SSSR count). The minimum Gasteiger partial charge on any atom is -0.493 e. The minimum atomic E-state index is 0.193. The second-order valence-electron chi connectivity index (χ2n) is 9.17. The highest BCUT2D eigenvalue weighted by atomic mass is 16.5. The Labute approximate surface area is 177 Å². The van der Waals surface area contributed by atoms with Gasteiger partial charge in [0.1, 0.15) is 17.5 Å². The Morgan fingerprint density at radius 1 is 1.13 bits per heavy atom. The largest absolute Gasteiger partial charge is 0.493 e. The van der Waals surface area contributed by atoms with E-state index in [4.69, 9.17) is 4.74 Å². The van der Waals surface area contributed by atoms with Crippen molar-refractivity contribution in [2.75, 3.05) is 6.61 Å². The SMILES string of the molecule is Cc1cc(-c2nc(C#N)nc3c2ccn3C)ccc1OCCC1CC2CCC(C1)C2. The van der Waals surface area contributed by atoms with Crippen molar-refractivity contribution in [3.8, 4) is 23.1 Å². The first-order chi connectivity index (χ1) is 14.6. The molecule has 2 aliphatic carbocycles. The van der Waals surface area contributed by atoms with Gasteiger partial charge in [0.05, 0.1) is 12.3 Å². The van der Waals surface area contributed by atoms with Gasteiger partial charge in [-0.05, 0) is 80.2 Å². The highest BCUT2D eigenvalue weighted by Gasteiger charge is 2.33. The lowest BCUT2D eigenvalue weighted by Crippen LogP contribution is -2.18. The zero-order valence-corrected chi connectivity index (χ0v) is 17.8. The van der Waals surface area contributed by atoms with Crippen molar-refractivity contribution in [2.45, 2.75) is 45.4 Å². The van der Waals surface area contributed by atoms with Crippen LogP contribution in [0.15, 0.2) is 30.5 Å². The molecular weight excluding hydrogens is 372 g/mol. The highest BCUT2D eigenvalue weighted by molar-refractivity contribution is 5.91. The molecule has 154 valence electrons. The molecule has 5 heteroatoms. The van der Waals surface area contributed by atoms with E-state index in [0.717, 1.165) is 64.4 Å². The molecule has 0 spiro atoms. The fourth-order valence-electron chi connectivity index (χ4n) is 5.58. The molecule has 2 saturated carbocycles. The highest BCUT2D eigenvalue weighted by Crippen LogP contribution is 2.45. The normalized spacial score (nSPS) is 22.9. The molecule has 0 amide bonds. The first kappa shape index (κ1) is 19.1. The summed E-state index contributed by atoms with van der Waals surface area (Å²) in [6.07, 6.45) is 10.3. The maximum Gasteiger partial charge on any atom is 0.234 e. The Balaban J connectivity index is 1.32. The number of nitriles is 1. The summed E-state index contributed by atoms with van der Waals surface area (Å²) in [7, 11) is 1.93. The maximum absolute atomic E-state index is 9.33. The van der Waals surface area contributed by atoms with E-state index in [1.54, 1.807) is 0 Å². The minimum absolute atomic E-state index is 0.193. The van der Waals surface area contributed by atoms with Gasteiger partial charge >= 0.3 is 0 Å². The Morgan fingerprint density at radius 3 is 2.67 bits per heavy atom. The number of rotatable bonds is 5. The third-order valence-electron chi connectivity index (χ3n) is 7.04. The predicted molar refractivity (Wildman–Crippen MR) is 117 cm³/mol. The van der Waals surface area contributed by atoms with E-state index in [0.29, 0.717) is 0 Å². The zero-order valence-electron chi connectivity index (χ0n) is 17.8. The van der Waals surface area contributed by atoms with E-state index in [1.165, 1.54) is 32.1 Å². The monoisotopic (exact) mass is 400 g/mol. The zero-order chi connectivity index (χ0) is 20.7. The van der Waals surface area contributed by atoms with E-state index >= 15 is 0 Å². The summed E-state index contributed by atoms with van der Waals surface area (Å²) in [5.74, 6) is 3.94. The lowest BCUT2D eigenvalue weighted by Gasteiger charge is -2.27. The van der Waals surface area contributed by atoms with Crippen molar-refractivity contribution in [1.82, 2.24) is 14.5 Å². The number of nitrogens with zero attached hydrogens (tertiary/aromatic N) is 4. The fraction of sp³-hybridized carbons (Fsp3) is 0.480. The van der Waals surface area contributed by atoms with E-state index in [2.05, 4.69) is 29.0 Å². The van der Waals surface area contributed by atoms with Gasteiger partial charge in [-0.1, -0.05) is 12.8 Å². The molecule has 2 unspecified atom stereocenters. The van der Waals surface area contributed by atoms with Crippen LogP contribution >= 0.6 is 0 Å². The molecule has 2 heterocycles. The molecule has 2 aliphatic rings.